The van der Waals surface area contributed by atoms with Crippen molar-refractivity contribution in [1.29, 1.82) is 0 Å². The van der Waals surface area contributed by atoms with Crippen LogP contribution in [-0.2, 0) is 11.2 Å². The molecule has 0 amide bonds. The lowest BCUT2D eigenvalue weighted by molar-refractivity contribution is -0.192. The number of H-pyrrole nitrogens is 2. The predicted molar refractivity (Wildman–Crippen MR) is 136 cm³/mol. The van der Waals surface area contributed by atoms with E-state index in [9.17, 15) is 18.0 Å². The summed E-state index contributed by atoms with van der Waals surface area (Å²) in [5.74, 6) is -1.68. The van der Waals surface area contributed by atoms with E-state index in [0.717, 1.165) is 55.3 Å². The Labute approximate surface area is 219 Å². The molecule has 4 aromatic rings. The second kappa shape index (κ2) is 11.1. The maximum Gasteiger partial charge on any atom is 0.490 e. The minimum Gasteiger partial charge on any atom is -0.475 e. The Morgan fingerprint density at radius 1 is 1.08 bits per heavy atom. The number of carboxylic acid groups (broad SMARTS) is 1. The molecule has 196 valence electrons. The number of hydrogen-bond donors (Lipinski definition) is 3. The van der Waals surface area contributed by atoms with Crippen molar-refractivity contribution in [3.8, 4) is 0 Å². The van der Waals surface area contributed by atoms with Crippen LogP contribution < -0.4 is 5.56 Å². The standard InChI is InChI=1S/C23H22Cl2N4O.C2HF3O2/c24-16-2-4-20-19(11-16)23(30)28-22(27-20)14-5-8-29(9-6-14)10-7-15-13-26-21-12-17(25)1-3-18(15)21;3-2(4,5)1(6)7/h1-4,11-14,26H,5-10H2,(H,27,28,30);(H,6,7). The summed E-state index contributed by atoms with van der Waals surface area (Å²) in [7, 11) is 0. The summed E-state index contributed by atoms with van der Waals surface area (Å²) in [6.07, 6.45) is -0.0150. The Balaban J connectivity index is 0.000000405. The van der Waals surface area contributed by atoms with Gasteiger partial charge in [0.05, 0.1) is 10.9 Å². The fourth-order valence-electron chi connectivity index (χ4n) is 4.40. The number of carbonyl (C=O) groups is 1. The Morgan fingerprint density at radius 2 is 1.73 bits per heavy atom. The monoisotopic (exact) mass is 554 g/mol. The molecule has 5 rings (SSSR count). The number of piperidine rings is 1. The number of aromatic nitrogens is 3. The molecule has 1 saturated heterocycles. The van der Waals surface area contributed by atoms with Gasteiger partial charge in [-0.15, -0.1) is 0 Å². The van der Waals surface area contributed by atoms with Gasteiger partial charge < -0.3 is 20.0 Å². The zero-order valence-electron chi connectivity index (χ0n) is 19.4. The summed E-state index contributed by atoms with van der Waals surface area (Å²) < 4.78 is 31.7. The zero-order chi connectivity index (χ0) is 26.7. The highest BCUT2D eigenvalue weighted by atomic mass is 35.5. The van der Waals surface area contributed by atoms with Gasteiger partial charge in [0.2, 0.25) is 0 Å². The van der Waals surface area contributed by atoms with E-state index in [1.807, 2.05) is 18.2 Å². The molecule has 0 atom stereocenters. The van der Waals surface area contributed by atoms with Crippen LogP contribution in [-0.4, -0.2) is 56.7 Å². The van der Waals surface area contributed by atoms with E-state index in [4.69, 9.17) is 38.1 Å². The number of benzene rings is 2. The molecule has 2 aromatic carbocycles. The van der Waals surface area contributed by atoms with Crippen molar-refractivity contribution in [3.05, 3.63) is 74.4 Å². The molecule has 0 aliphatic carbocycles. The average Bonchev–Trinajstić information content (AvgIpc) is 3.25. The molecule has 2 aromatic heterocycles. The fourth-order valence-corrected chi connectivity index (χ4v) is 4.74. The summed E-state index contributed by atoms with van der Waals surface area (Å²) >= 11 is 12.1. The summed E-state index contributed by atoms with van der Waals surface area (Å²) in [5, 5.41) is 10.2. The van der Waals surface area contributed by atoms with Crippen LogP contribution in [0.3, 0.4) is 0 Å². The molecule has 7 nitrogen and oxygen atoms in total. The first-order chi connectivity index (χ1) is 17.5. The van der Waals surface area contributed by atoms with Gasteiger partial charge >= 0.3 is 12.1 Å². The Bertz CT molecular complexity index is 1480. The van der Waals surface area contributed by atoms with Crippen LogP contribution in [0.1, 0.15) is 30.1 Å². The lowest BCUT2D eigenvalue weighted by atomic mass is 9.95. The van der Waals surface area contributed by atoms with Gasteiger partial charge in [0, 0.05) is 39.6 Å². The third-order valence-electron chi connectivity index (χ3n) is 6.33. The molecule has 0 spiro atoms. The van der Waals surface area contributed by atoms with E-state index >= 15 is 0 Å². The molecule has 3 N–H and O–H groups in total. The number of nitrogens with one attached hydrogen (secondary N) is 2. The molecule has 37 heavy (non-hydrogen) atoms. The normalized spacial score (nSPS) is 15.1. The SMILES string of the molecule is O=C(O)C(F)(F)F.O=c1[nH]c(C2CCN(CCc3c[nH]c4cc(Cl)ccc34)CC2)nc2ccc(Cl)cc12. The first-order valence-corrected chi connectivity index (χ1v) is 12.2. The van der Waals surface area contributed by atoms with E-state index in [2.05, 4.69) is 27.1 Å². The number of halogens is 5. The van der Waals surface area contributed by atoms with Crippen molar-refractivity contribution in [1.82, 2.24) is 19.9 Å². The minimum absolute atomic E-state index is 0.112. The second-order valence-corrected chi connectivity index (χ2v) is 9.66. The molecule has 3 heterocycles. The van der Waals surface area contributed by atoms with Crippen LogP contribution in [0.5, 0.6) is 0 Å². The van der Waals surface area contributed by atoms with E-state index < -0.39 is 12.1 Å². The van der Waals surface area contributed by atoms with E-state index in [1.54, 1.807) is 12.1 Å². The molecule has 12 heteroatoms. The van der Waals surface area contributed by atoms with Crippen molar-refractivity contribution in [2.45, 2.75) is 31.4 Å². The number of likely N-dealkylation sites (tertiary alicyclic amines) is 1. The number of alkyl halides is 3. The quantitative estimate of drug-likeness (QED) is 0.297. The van der Waals surface area contributed by atoms with Crippen LogP contribution in [0.4, 0.5) is 13.2 Å². The Morgan fingerprint density at radius 3 is 2.41 bits per heavy atom. The molecular formula is C25H23Cl2F3N4O3. The van der Waals surface area contributed by atoms with E-state index in [1.165, 1.54) is 10.9 Å². The molecule has 0 unspecified atom stereocenters. The predicted octanol–water partition coefficient (Wildman–Crippen LogP) is 5.77. The van der Waals surface area contributed by atoms with Crippen LogP contribution in [0.2, 0.25) is 10.0 Å². The molecule has 1 fully saturated rings. The van der Waals surface area contributed by atoms with Crippen molar-refractivity contribution < 1.29 is 23.1 Å². The van der Waals surface area contributed by atoms with E-state index in [-0.39, 0.29) is 11.5 Å². The van der Waals surface area contributed by atoms with Gasteiger partial charge in [-0.2, -0.15) is 13.2 Å². The van der Waals surface area contributed by atoms with Gasteiger partial charge in [0.25, 0.3) is 5.56 Å². The summed E-state index contributed by atoms with van der Waals surface area (Å²) in [6.45, 7) is 3.02. The fraction of sp³-hybridized carbons (Fsp3) is 0.320. The van der Waals surface area contributed by atoms with Gasteiger partial charge in [0.15, 0.2) is 0 Å². The maximum atomic E-state index is 12.4. The van der Waals surface area contributed by atoms with Gasteiger partial charge in [-0.1, -0.05) is 29.3 Å². The number of aliphatic carboxylic acids is 1. The molecule has 0 bridgehead atoms. The van der Waals surface area contributed by atoms with E-state index in [0.29, 0.717) is 15.9 Å². The first-order valence-electron chi connectivity index (χ1n) is 11.5. The second-order valence-electron chi connectivity index (χ2n) is 8.79. The smallest absolute Gasteiger partial charge is 0.475 e. The highest BCUT2D eigenvalue weighted by Gasteiger charge is 2.38. The Hall–Kier alpha value is -3.08. The molecule has 1 aliphatic rings. The van der Waals surface area contributed by atoms with Gasteiger partial charge in [-0.3, -0.25) is 4.79 Å². The highest BCUT2D eigenvalue weighted by molar-refractivity contribution is 6.31. The van der Waals surface area contributed by atoms with Crippen molar-refractivity contribution in [3.63, 3.8) is 0 Å². The van der Waals surface area contributed by atoms with Gasteiger partial charge in [-0.25, -0.2) is 9.78 Å². The third kappa shape index (κ3) is 6.63. The van der Waals surface area contributed by atoms with Crippen LogP contribution in [0, 0.1) is 0 Å². The zero-order valence-corrected chi connectivity index (χ0v) is 20.9. The summed E-state index contributed by atoms with van der Waals surface area (Å²) in [6, 6.07) is 11.3. The Kier molecular flexibility index (Phi) is 8.11. The molecule has 0 saturated carbocycles. The molecular weight excluding hydrogens is 532 g/mol. The maximum absolute atomic E-state index is 12.4. The minimum atomic E-state index is -5.08. The molecule has 0 radical (unpaired) electrons. The number of aromatic amines is 2. The van der Waals surface area contributed by atoms with Crippen LogP contribution in [0.15, 0.2) is 47.4 Å². The number of fused-ring (bicyclic) bond motifs is 2. The molecule has 1 aliphatic heterocycles. The number of nitrogens with zero attached hydrogens (tertiary/aromatic N) is 2. The topological polar surface area (TPSA) is 102 Å². The number of hydrogen-bond acceptors (Lipinski definition) is 4. The summed E-state index contributed by atoms with van der Waals surface area (Å²) in [4.78, 5) is 34.8. The summed E-state index contributed by atoms with van der Waals surface area (Å²) in [5.41, 5.74) is 3.01. The van der Waals surface area contributed by atoms with Crippen LogP contribution in [0.25, 0.3) is 21.8 Å². The third-order valence-corrected chi connectivity index (χ3v) is 6.80. The van der Waals surface area contributed by atoms with Crippen molar-refractivity contribution in [2.24, 2.45) is 0 Å². The number of rotatable bonds is 4. The van der Waals surface area contributed by atoms with Gasteiger partial charge in [-0.05, 0) is 68.2 Å². The first kappa shape index (κ1) is 27.0. The highest BCUT2D eigenvalue weighted by Crippen LogP contribution is 2.27. The number of carboxylic acids is 1. The van der Waals surface area contributed by atoms with Gasteiger partial charge in [0.1, 0.15) is 5.82 Å². The lowest BCUT2D eigenvalue weighted by Gasteiger charge is -2.31. The van der Waals surface area contributed by atoms with Crippen LogP contribution >= 0.6 is 23.2 Å². The van der Waals surface area contributed by atoms with Crippen molar-refractivity contribution >= 4 is 51.0 Å². The van der Waals surface area contributed by atoms with Crippen molar-refractivity contribution in [2.75, 3.05) is 19.6 Å². The lowest BCUT2D eigenvalue weighted by Crippen LogP contribution is -2.35. The largest absolute Gasteiger partial charge is 0.490 e. The average molecular weight is 555 g/mol.